The molecule has 0 bridgehead atoms. The molecule has 1 saturated heterocycles. The van der Waals surface area contributed by atoms with Crippen LogP contribution in [0, 0.1) is 13.8 Å². The fourth-order valence-electron chi connectivity index (χ4n) is 2.35. The molecule has 0 radical (unpaired) electrons. The second kappa shape index (κ2) is 6.05. The van der Waals surface area contributed by atoms with Crippen molar-refractivity contribution in [2.24, 2.45) is 0 Å². The van der Waals surface area contributed by atoms with Gasteiger partial charge in [-0.2, -0.15) is 9.29 Å². The lowest BCUT2D eigenvalue weighted by Crippen LogP contribution is -2.45. The average molecular weight is 299 g/mol. The van der Waals surface area contributed by atoms with Gasteiger partial charge in [0.25, 0.3) is 0 Å². The number of rotatable bonds is 4. The maximum Gasteiger partial charge on any atom is 0.217 e. The Balaban J connectivity index is 2.06. The van der Waals surface area contributed by atoms with Gasteiger partial charge in [0.2, 0.25) is 15.9 Å². The summed E-state index contributed by atoms with van der Waals surface area (Å²) in [7, 11) is -3.14. The van der Waals surface area contributed by atoms with E-state index in [0.717, 1.165) is 18.5 Å². The van der Waals surface area contributed by atoms with Crippen molar-refractivity contribution in [3.8, 4) is 5.88 Å². The molecule has 0 aromatic carbocycles. The van der Waals surface area contributed by atoms with Crippen LogP contribution in [0.3, 0.4) is 0 Å². The number of aryl methyl sites for hydroxylation is 2. The molecule has 0 unspecified atom stereocenters. The highest BCUT2D eigenvalue weighted by Crippen LogP contribution is 2.19. The predicted octanol–water partition coefficient (Wildman–Crippen LogP) is 1.29. The molecule has 1 aliphatic heterocycles. The van der Waals surface area contributed by atoms with E-state index in [2.05, 4.69) is 9.97 Å². The van der Waals surface area contributed by atoms with Crippen LogP contribution < -0.4 is 4.74 Å². The molecule has 0 amide bonds. The van der Waals surface area contributed by atoms with Crippen molar-refractivity contribution < 1.29 is 13.2 Å². The van der Waals surface area contributed by atoms with Crippen LogP contribution >= 0.6 is 0 Å². The molecule has 1 atom stereocenters. The number of aromatic nitrogens is 2. The van der Waals surface area contributed by atoms with E-state index in [1.807, 2.05) is 13.8 Å². The number of ether oxygens (including phenoxy) is 1. The van der Waals surface area contributed by atoms with Crippen LogP contribution in [0.5, 0.6) is 5.88 Å². The summed E-state index contributed by atoms with van der Waals surface area (Å²) < 4.78 is 31.2. The number of piperidine rings is 1. The molecule has 112 valence electrons. The van der Waals surface area contributed by atoms with Crippen LogP contribution in [0.2, 0.25) is 0 Å². The molecule has 1 aromatic heterocycles. The molecule has 0 N–H and O–H groups in total. The maximum absolute atomic E-state index is 11.9. The van der Waals surface area contributed by atoms with Gasteiger partial charge in [0.05, 0.1) is 12.3 Å². The lowest BCUT2D eigenvalue weighted by Gasteiger charge is -2.31. The Hall–Kier alpha value is -1.21. The Kier molecular flexibility index (Phi) is 4.59. The molecular weight excluding hydrogens is 278 g/mol. The summed E-state index contributed by atoms with van der Waals surface area (Å²) in [6, 6.07) is 1.78. The minimum atomic E-state index is -3.14. The highest BCUT2D eigenvalue weighted by molar-refractivity contribution is 7.89. The first-order chi connectivity index (χ1) is 9.40. The van der Waals surface area contributed by atoms with Crippen molar-refractivity contribution in [2.45, 2.75) is 39.7 Å². The molecule has 0 aliphatic carbocycles. The Bertz CT molecular complexity index is 554. The molecule has 1 aromatic rings. The molecule has 0 saturated carbocycles. The predicted molar refractivity (Wildman–Crippen MR) is 76.2 cm³/mol. The zero-order valence-electron chi connectivity index (χ0n) is 12.2. The fraction of sp³-hybridized carbons (Fsp3) is 0.692. The number of nitrogens with zero attached hydrogens (tertiary/aromatic N) is 3. The van der Waals surface area contributed by atoms with Gasteiger partial charge in [-0.15, -0.1) is 0 Å². The monoisotopic (exact) mass is 299 g/mol. The summed E-state index contributed by atoms with van der Waals surface area (Å²) in [5.41, 5.74) is 0.848. The quantitative estimate of drug-likeness (QED) is 0.837. The SMILES string of the molecule is CCS(=O)(=O)N1CCC[C@@H](Oc2cc(C)nc(C)n2)C1. The van der Waals surface area contributed by atoms with E-state index in [9.17, 15) is 8.42 Å². The zero-order chi connectivity index (χ0) is 14.8. The molecule has 2 rings (SSSR count). The molecule has 1 fully saturated rings. The summed E-state index contributed by atoms with van der Waals surface area (Å²) in [5.74, 6) is 1.32. The van der Waals surface area contributed by atoms with E-state index in [-0.39, 0.29) is 11.9 Å². The van der Waals surface area contributed by atoms with Crippen molar-refractivity contribution in [3.05, 3.63) is 17.6 Å². The minimum absolute atomic E-state index is 0.130. The normalized spacial score (nSPS) is 20.9. The van der Waals surface area contributed by atoms with Crippen molar-refractivity contribution in [3.63, 3.8) is 0 Å². The van der Waals surface area contributed by atoms with E-state index in [0.29, 0.717) is 24.8 Å². The smallest absolute Gasteiger partial charge is 0.217 e. The van der Waals surface area contributed by atoms with Gasteiger partial charge in [-0.1, -0.05) is 0 Å². The first-order valence-corrected chi connectivity index (χ1v) is 8.48. The summed E-state index contributed by atoms with van der Waals surface area (Å²) in [4.78, 5) is 8.43. The van der Waals surface area contributed by atoms with E-state index < -0.39 is 10.0 Å². The van der Waals surface area contributed by atoms with Crippen LogP contribution in [0.25, 0.3) is 0 Å². The van der Waals surface area contributed by atoms with E-state index in [4.69, 9.17) is 4.74 Å². The second-order valence-electron chi connectivity index (χ2n) is 5.04. The zero-order valence-corrected chi connectivity index (χ0v) is 13.0. The molecule has 1 aliphatic rings. The standard InChI is InChI=1S/C13H21N3O3S/c1-4-20(17,18)16-7-5-6-12(9-16)19-13-8-10(2)14-11(3)15-13/h8,12H,4-7,9H2,1-3H3/t12-/m1/s1. The van der Waals surface area contributed by atoms with Crippen LogP contribution in [0.15, 0.2) is 6.07 Å². The first-order valence-electron chi connectivity index (χ1n) is 6.87. The van der Waals surface area contributed by atoms with E-state index in [1.54, 1.807) is 13.0 Å². The third-order valence-electron chi connectivity index (χ3n) is 3.33. The Morgan fingerprint density at radius 1 is 1.40 bits per heavy atom. The molecule has 7 heteroatoms. The maximum atomic E-state index is 11.9. The van der Waals surface area contributed by atoms with Gasteiger partial charge in [0, 0.05) is 18.3 Å². The number of hydrogen-bond acceptors (Lipinski definition) is 5. The van der Waals surface area contributed by atoms with Crippen molar-refractivity contribution in [2.75, 3.05) is 18.8 Å². The Labute approximate surface area is 120 Å². The van der Waals surface area contributed by atoms with Crippen LogP contribution in [-0.4, -0.2) is 47.6 Å². The topological polar surface area (TPSA) is 72.4 Å². The largest absolute Gasteiger partial charge is 0.473 e. The second-order valence-corrected chi connectivity index (χ2v) is 7.29. The molecule has 2 heterocycles. The molecule has 6 nitrogen and oxygen atoms in total. The Morgan fingerprint density at radius 2 is 2.15 bits per heavy atom. The first kappa shape index (κ1) is 15.2. The lowest BCUT2D eigenvalue weighted by molar-refractivity contribution is 0.124. The van der Waals surface area contributed by atoms with Gasteiger partial charge in [0.1, 0.15) is 11.9 Å². The highest BCUT2D eigenvalue weighted by atomic mass is 32.2. The summed E-state index contributed by atoms with van der Waals surface area (Å²) in [6.07, 6.45) is 1.52. The fourth-order valence-corrected chi connectivity index (χ4v) is 3.52. The van der Waals surface area contributed by atoms with Gasteiger partial charge in [-0.05, 0) is 33.6 Å². The average Bonchev–Trinajstić information content (AvgIpc) is 2.38. The van der Waals surface area contributed by atoms with Crippen LogP contribution in [0.1, 0.15) is 31.3 Å². The van der Waals surface area contributed by atoms with Crippen molar-refractivity contribution in [1.82, 2.24) is 14.3 Å². The number of hydrogen-bond donors (Lipinski definition) is 0. The van der Waals surface area contributed by atoms with E-state index in [1.165, 1.54) is 4.31 Å². The minimum Gasteiger partial charge on any atom is -0.473 e. The van der Waals surface area contributed by atoms with Crippen molar-refractivity contribution >= 4 is 10.0 Å². The molecule has 0 spiro atoms. The number of sulfonamides is 1. The van der Waals surface area contributed by atoms with Crippen LogP contribution in [0.4, 0.5) is 0 Å². The van der Waals surface area contributed by atoms with Crippen molar-refractivity contribution in [1.29, 1.82) is 0 Å². The third-order valence-corrected chi connectivity index (χ3v) is 5.18. The van der Waals surface area contributed by atoms with Gasteiger partial charge >= 0.3 is 0 Å². The third kappa shape index (κ3) is 3.67. The summed E-state index contributed by atoms with van der Waals surface area (Å²) >= 11 is 0. The van der Waals surface area contributed by atoms with Gasteiger partial charge < -0.3 is 4.74 Å². The lowest BCUT2D eigenvalue weighted by atomic mass is 10.1. The summed E-state index contributed by atoms with van der Waals surface area (Å²) in [6.45, 7) is 6.35. The van der Waals surface area contributed by atoms with E-state index >= 15 is 0 Å². The highest BCUT2D eigenvalue weighted by Gasteiger charge is 2.28. The molecule has 20 heavy (non-hydrogen) atoms. The summed E-state index contributed by atoms with van der Waals surface area (Å²) in [5, 5.41) is 0. The van der Waals surface area contributed by atoms with Gasteiger partial charge in [-0.25, -0.2) is 13.4 Å². The molecular formula is C13H21N3O3S. The van der Waals surface area contributed by atoms with Crippen LogP contribution in [-0.2, 0) is 10.0 Å². The van der Waals surface area contributed by atoms with Gasteiger partial charge in [-0.3, -0.25) is 0 Å². The van der Waals surface area contributed by atoms with Gasteiger partial charge in [0.15, 0.2) is 0 Å². The Morgan fingerprint density at radius 3 is 2.80 bits per heavy atom.